The molecule has 0 aliphatic heterocycles. The molecule has 2 aromatic carbocycles. The van der Waals surface area contributed by atoms with Crippen LogP contribution >= 0.6 is 0 Å². The monoisotopic (exact) mass is 343 g/mol. The highest BCUT2D eigenvalue weighted by Crippen LogP contribution is 2.40. The highest BCUT2D eigenvalue weighted by Gasteiger charge is 2.23. The standard InChI is InChI=1S/C25H29N/c1-16-13-19(4)25(20(5)14-16)26-12-11-22-9-7-8-10-23(22)24-18(3)15-17(2)21(24)6/h7-10,12-15,24H,11H2,1-6H3. The Hall–Kier alpha value is -2.41. The zero-order valence-corrected chi connectivity index (χ0v) is 16.9. The van der Waals surface area contributed by atoms with Gasteiger partial charge < -0.3 is 0 Å². The Morgan fingerprint density at radius 2 is 1.58 bits per heavy atom. The second-order valence-electron chi connectivity index (χ2n) is 7.65. The Kier molecular flexibility index (Phi) is 5.27. The van der Waals surface area contributed by atoms with Gasteiger partial charge >= 0.3 is 0 Å². The number of rotatable bonds is 4. The third-order valence-electron chi connectivity index (χ3n) is 5.49. The van der Waals surface area contributed by atoms with Crippen molar-refractivity contribution in [2.24, 2.45) is 4.99 Å². The van der Waals surface area contributed by atoms with E-state index in [0.717, 1.165) is 12.1 Å². The maximum absolute atomic E-state index is 4.81. The number of aliphatic imine (C=N–C) groups is 1. The smallest absolute Gasteiger partial charge is 0.0684 e. The molecule has 0 bridgehead atoms. The van der Waals surface area contributed by atoms with Gasteiger partial charge in [0.2, 0.25) is 0 Å². The molecule has 0 amide bonds. The lowest BCUT2D eigenvalue weighted by Crippen LogP contribution is -2.04. The van der Waals surface area contributed by atoms with Crippen molar-refractivity contribution in [1.29, 1.82) is 0 Å². The molecule has 0 radical (unpaired) electrons. The third kappa shape index (κ3) is 3.58. The predicted molar refractivity (Wildman–Crippen MR) is 114 cm³/mol. The molecule has 134 valence electrons. The molecule has 1 aliphatic carbocycles. The number of aryl methyl sites for hydroxylation is 3. The Labute approximate surface area is 158 Å². The van der Waals surface area contributed by atoms with Gasteiger partial charge in [-0.25, -0.2) is 0 Å². The predicted octanol–water partition coefficient (Wildman–Crippen LogP) is 6.94. The van der Waals surface area contributed by atoms with Crippen LogP contribution in [0.3, 0.4) is 0 Å². The van der Waals surface area contributed by atoms with Gasteiger partial charge in [-0.1, -0.05) is 64.8 Å². The first-order chi connectivity index (χ1) is 12.4. The van der Waals surface area contributed by atoms with Crippen molar-refractivity contribution < 1.29 is 0 Å². The number of nitrogens with zero attached hydrogens (tertiary/aromatic N) is 1. The van der Waals surface area contributed by atoms with E-state index in [1.165, 1.54) is 44.5 Å². The lowest BCUT2D eigenvalue weighted by atomic mass is 9.85. The Morgan fingerprint density at radius 1 is 0.923 bits per heavy atom. The van der Waals surface area contributed by atoms with Crippen molar-refractivity contribution in [2.45, 2.75) is 53.9 Å². The highest BCUT2D eigenvalue weighted by atomic mass is 14.7. The van der Waals surface area contributed by atoms with E-state index in [1.807, 2.05) is 0 Å². The van der Waals surface area contributed by atoms with Crippen molar-refractivity contribution >= 4 is 11.9 Å². The molecule has 0 fully saturated rings. The molecule has 1 unspecified atom stereocenters. The molecule has 2 aromatic rings. The largest absolute Gasteiger partial charge is 0.260 e. The molecule has 1 aliphatic rings. The van der Waals surface area contributed by atoms with Crippen LogP contribution in [0.25, 0.3) is 0 Å². The highest BCUT2D eigenvalue weighted by molar-refractivity contribution is 5.70. The van der Waals surface area contributed by atoms with E-state index >= 15 is 0 Å². The molecule has 3 rings (SSSR count). The molecule has 0 N–H and O–H groups in total. The number of benzene rings is 2. The topological polar surface area (TPSA) is 12.4 Å². The van der Waals surface area contributed by atoms with Gasteiger partial charge in [-0.05, 0) is 63.8 Å². The molecule has 0 saturated carbocycles. The number of allylic oxidation sites excluding steroid dienone is 4. The summed E-state index contributed by atoms with van der Waals surface area (Å²) in [6.07, 6.45) is 5.26. The van der Waals surface area contributed by atoms with E-state index in [9.17, 15) is 0 Å². The van der Waals surface area contributed by atoms with Gasteiger partial charge in [0.05, 0.1) is 5.69 Å². The van der Waals surface area contributed by atoms with Gasteiger partial charge in [0.1, 0.15) is 0 Å². The fraction of sp³-hybridized carbons (Fsp3) is 0.320. The molecule has 1 nitrogen and oxygen atoms in total. The lowest BCUT2D eigenvalue weighted by Gasteiger charge is -2.19. The zero-order chi connectivity index (χ0) is 18.8. The molecule has 0 aromatic heterocycles. The SMILES string of the molecule is CC1=CC(C)=C(C)C1c1ccccc1CC=Nc1c(C)cc(C)cc1C. The summed E-state index contributed by atoms with van der Waals surface area (Å²) in [4.78, 5) is 4.81. The van der Waals surface area contributed by atoms with E-state index in [2.05, 4.69) is 90.2 Å². The molecule has 0 heterocycles. The zero-order valence-electron chi connectivity index (χ0n) is 16.9. The third-order valence-corrected chi connectivity index (χ3v) is 5.49. The molecule has 1 atom stereocenters. The minimum Gasteiger partial charge on any atom is -0.260 e. The van der Waals surface area contributed by atoms with Crippen LogP contribution in [-0.4, -0.2) is 6.21 Å². The summed E-state index contributed by atoms with van der Waals surface area (Å²) < 4.78 is 0. The fourth-order valence-electron chi connectivity index (χ4n) is 4.20. The molecule has 1 heteroatoms. The summed E-state index contributed by atoms with van der Waals surface area (Å²) in [5.41, 5.74) is 12.0. The van der Waals surface area contributed by atoms with E-state index < -0.39 is 0 Å². The van der Waals surface area contributed by atoms with Gasteiger partial charge in [-0.15, -0.1) is 0 Å². The van der Waals surface area contributed by atoms with E-state index in [-0.39, 0.29) is 0 Å². The van der Waals surface area contributed by atoms with Crippen molar-refractivity contribution in [3.8, 4) is 0 Å². The first-order valence-electron chi connectivity index (χ1n) is 9.42. The first-order valence-corrected chi connectivity index (χ1v) is 9.42. The molecule has 0 saturated heterocycles. The quantitative estimate of drug-likeness (QED) is 0.533. The van der Waals surface area contributed by atoms with Gasteiger partial charge in [0.25, 0.3) is 0 Å². The van der Waals surface area contributed by atoms with E-state index in [1.54, 1.807) is 0 Å². The Bertz CT molecular complexity index is 902. The summed E-state index contributed by atoms with van der Waals surface area (Å²) in [6.45, 7) is 13.1. The average molecular weight is 344 g/mol. The summed E-state index contributed by atoms with van der Waals surface area (Å²) in [5.74, 6) is 0.419. The summed E-state index contributed by atoms with van der Waals surface area (Å²) in [5, 5.41) is 0. The van der Waals surface area contributed by atoms with Crippen LogP contribution < -0.4 is 0 Å². The maximum atomic E-state index is 4.81. The van der Waals surface area contributed by atoms with Gasteiger partial charge in [0, 0.05) is 18.6 Å². The van der Waals surface area contributed by atoms with Crippen LogP contribution in [0.1, 0.15) is 54.5 Å². The number of hydrogen-bond donors (Lipinski definition) is 0. The van der Waals surface area contributed by atoms with Crippen LogP contribution in [0.5, 0.6) is 0 Å². The van der Waals surface area contributed by atoms with Crippen LogP contribution in [0, 0.1) is 20.8 Å². The lowest BCUT2D eigenvalue weighted by molar-refractivity contribution is 0.922. The summed E-state index contributed by atoms with van der Waals surface area (Å²) >= 11 is 0. The second-order valence-corrected chi connectivity index (χ2v) is 7.65. The molecule has 0 spiro atoms. The summed E-state index contributed by atoms with van der Waals surface area (Å²) in [6, 6.07) is 13.2. The van der Waals surface area contributed by atoms with E-state index in [4.69, 9.17) is 4.99 Å². The Morgan fingerprint density at radius 3 is 2.19 bits per heavy atom. The Balaban J connectivity index is 1.88. The molecular formula is C25H29N. The summed E-state index contributed by atoms with van der Waals surface area (Å²) in [7, 11) is 0. The van der Waals surface area contributed by atoms with Crippen molar-refractivity contribution in [2.75, 3.05) is 0 Å². The normalized spacial score (nSPS) is 17.3. The van der Waals surface area contributed by atoms with Crippen molar-refractivity contribution in [3.05, 3.63) is 87.0 Å². The number of hydrogen-bond acceptors (Lipinski definition) is 1. The molecule has 26 heavy (non-hydrogen) atoms. The van der Waals surface area contributed by atoms with Gasteiger partial charge in [-0.2, -0.15) is 0 Å². The minimum atomic E-state index is 0.419. The fourth-order valence-corrected chi connectivity index (χ4v) is 4.20. The van der Waals surface area contributed by atoms with E-state index in [0.29, 0.717) is 5.92 Å². The molecular weight excluding hydrogens is 314 g/mol. The maximum Gasteiger partial charge on any atom is 0.0684 e. The second kappa shape index (κ2) is 7.45. The van der Waals surface area contributed by atoms with Crippen LogP contribution in [-0.2, 0) is 6.42 Å². The van der Waals surface area contributed by atoms with Crippen molar-refractivity contribution in [3.63, 3.8) is 0 Å². The van der Waals surface area contributed by atoms with Crippen LogP contribution in [0.2, 0.25) is 0 Å². The van der Waals surface area contributed by atoms with Crippen LogP contribution in [0.15, 0.2) is 64.2 Å². The van der Waals surface area contributed by atoms with Crippen molar-refractivity contribution in [1.82, 2.24) is 0 Å². The minimum absolute atomic E-state index is 0.419. The van der Waals surface area contributed by atoms with Gasteiger partial charge in [0.15, 0.2) is 0 Å². The average Bonchev–Trinajstić information content (AvgIpc) is 2.83. The van der Waals surface area contributed by atoms with Gasteiger partial charge in [-0.3, -0.25) is 4.99 Å². The van der Waals surface area contributed by atoms with Crippen LogP contribution in [0.4, 0.5) is 5.69 Å². The first kappa shape index (κ1) is 18.4.